The molecule has 0 aliphatic heterocycles. The van der Waals surface area contributed by atoms with Gasteiger partial charge in [0.05, 0.1) is 18.8 Å². The van der Waals surface area contributed by atoms with E-state index in [1.54, 1.807) is 0 Å². The van der Waals surface area contributed by atoms with Crippen LogP contribution in [0.3, 0.4) is 0 Å². The van der Waals surface area contributed by atoms with Crippen LogP contribution >= 0.6 is 0 Å². The molecule has 1 atom stereocenters. The molecule has 1 fully saturated rings. The Kier molecular flexibility index (Phi) is 10.4. The molecule has 0 spiro atoms. The van der Waals surface area contributed by atoms with Gasteiger partial charge in [-0.3, -0.25) is 0 Å². The molecule has 0 aromatic heterocycles. The van der Waals surface area contributed by atoms with Crippen LogP contribution in [0, 0.1) is 0 Å². The lowest BCUT2D eigenvalue weighted by Gasteiger charge is -2.16. The van der Waals surface area contributed by atoms with Gasteiger partial charge in [0.1, 0.15) is 0 Å². The van der Waals surface area contributed by atoms with Crippen LogP contribution in [0.5, 0.6) is 0 Å². The van der Waals surface area contributed by atoms with Gasteiger partial charge in [-0.25, -0.2) is 0 Å². The second-order valence-electron chi connectivity index (χ2n) is 5.87. The number of hydrogen-bond acceptors (Lipinski definition) is 3. The van der Waals surface area contributed by atoms with Crippen molar-refractivity contribution >= 4 is 0 Å². The number of aliphatic hydroxyl groups is 1. The molecule has 1 rings (SSSR count). The minimum atomic E-state index is -0.347. The van der Waals surface area contributed by atoms with E-state index < -0.39 is 0 Å². The molecule has 3 heteroatoms. The lowest BCUT2D eigenvalue weighted by Crippen LogP contribution is -2.32. The van der Waals surface area contributed by atoms with E-state index in [1.807, 2.05) is 0 Å². The number of rotatable bonds is 12. The van der Waals surface area contributed by atoms with E-state index in [4.69, 9.17) is 4.74 Å². The lowest BCUT2D eigenvalue weighted by atomic mass is 10.1. The molecule has 0 aromatic rings. The highest BCUT2D eigenvalue weighted by Gasteiger charge is 2.16. The normalized spacial score (nSPS) is 18.0. The molecule has 0 radical (unpaired) electrons. The minimum absolute atomic E-state index is 0.347. The van der Waals surface area contributed by atoms with E-state index in [0.717, 1.165) is 6.54 Å². The van der Waals surface area contributed by atoms with Crippen molar-refractivity contribution in [2.45, 2.75) is 83.3 Å². The topological polar surface area (TPSA) is 41.5 Å². The fraction of sp³-hybridized carbons (Fsp3) is 1.00. The molecular weight excluding hydrogens is 238 g/mol. The maximum absolute atomic E-state index is 9.79. The summed E-state index contributed by atoms with van der Waals surface area (Å²) < 4.78 is 5.70. The molecule has 114 valence electrons. The van der Waals surface area contributed by atoms with E-state index in [9.17, 15) is 5.11 Å². The van der Waals surface area contributed by atoms with Gasteiger partial charge in [-0.15, -0.1) is 0 Å². The fourth-order valence-corrected chi connectivity index (χ4v) is 2.66. The predicted octanol–water partition coefficient (Wildman–Crippen LogP) is 3.26. The quantitative estimate of drug-likeness (QED) is 0.535. The van der Waals surface area contributed by atoms with E-state index in [0.29, 0.717) is 19.3 Å². The summed E-state index contributed by atoms with van der Waals surface area (Å²) in [5.41, 5.74) is 0. The summed E-state index contributed by atoms with van der Waals surface area (Å²) in [7, 11) is 0. The molecular formula is C16H33NO2. The summed E-state index contributed by atoms with van der Waals surface area (Å²) in [6.45, 7) is 4.43. The molecule has 0 heterocycles. The maximum Gasteiger partial charge on any atom is 0.0897 e. The van der Waals surface area contributed by atoms with E-state index in [1.165, 1.54) is 64.2 Å². The van der Waals surface area contributed by atoms with Gasteiger partial charge in [0.25, 0.3) is 0 Å². The molecule has 2 N–H and O–H groups in total. The van der Waals surface area contributed by atoms with Crippen molar-refractivity contribution in [1.82, 2.24) is 5.32 Å². The smallest absolute Gasteiger partial charge is 0.0897 e. The standard InChI is InChI=1S/C16H33NO2/c1-2-3-4-5-6-9-12-17-13-15(18)14-19-16-10-7-8-11-16/h15-18H,2-14H2,1H3. The highest BCUT2D eigenvalue weighted by atomic mass is 16.5. The van der Waals surface area contributed by atoms with Crippen molar-refractivity contribution in [1.29, 1.82) is 0 Å². The first-order chi connectivity index (χ1) is 9.33. The van der Waals surface area contributed by atoms with Crippen molar-refractivity contribution < 1.29 is 9.84 Å². The number of nitrogens with one attached hydrogen (secondary N) is 1. The average molecular weight is 271 g/mol. The summed E-state index contributed by atoms with van der Waals surface area (Å²) in [6, 6.07) is 0. The van der Waals surface area contributed by atoms with Crippen molar-refractivity contribution in [2.75, 3.05) is 19.7 Å². The van der Waals surface area contributed by atoms with Gasteiger partial charge in [-0.1, -0.05) is 51.9 Å². The predicted molar refractivity (Wildman–Crippen MR) is 80.5 cm³/mol. The van der Waals surface area contributed by atoms with Crippen molar-refractivity contribution in [3.63, 3.8) is 0 Å². The molecule has 1 aliphatic rings. The third kappa shape index (κ3) is 9.42. The van der Waals surface area contributed by atoms with Crippen LogP contribution in [-0.2, 0) is 4.74 Å². The monoisotopic (exact) mass is 271 g/mol. The number of unbranched alkanes of at least 4 members (excludes halogenated alkanes) is 5. The molecule has 1 aliphatic carbocycles. The molecule has 0 amide bonds. The molecule has 0 aromatic carbocycles. The van der Waals surface area contributed by atoms with Crippen molar-refractivity contribution in [3.05, 3.63) is 0 Å². The van der Waals surface area contributed by atoms with Crippen LogP contribution in [0.1, 0.15) is 71.1 Å². The Morgan fingerprint density at radius 1 is 1.11 bits per heavy atom. The van der Waals surface area contributed by atoms with Gasteiger partial charge in [0, 0.05) is 6.54 Å². The summed E-state index contributed by atoms with van der Waals surface area (Å²) in [6.07, 6.45) is 12.9. The fourth-order valence-electron chi connectivity index (χ4n) is 2.66. The molecule has 1 unspecified atom stereocenters. The van der Waals surface area contributed by atoms with Crippen LogP contribution in [0.2, 0.25) is 0 Å². The molecule has 19 heavy (non-hydrogen) atoms. The third-order valence-electron chi connectivity index (χ3n) is 3.91. The Bertz CT molecular complexity index is 193. The largest absolute Gasteiger partial charge is 0.389 e. The zero-order valence-electron chi connectivity index (χ0n) is 12.7. The molecule has 3 nitrogen and oxygen atoms in total. The second-order valence-corrected chi connectivity index (χ2v) is 5.87. The van der Waals surface area contributed by atoms with Gasteiger partial charge in [-0.2, -0.15) is 0 Å². The van der Waals surface area contributed by atoms with Gasteiger partial charge in [0.15, 0.2) is 0 Å². The highest BCUT2D eigenvalue weighted by Crippen LogP contribution is 2.20. The molecule has 0 bridgehead atoms. The lowest BCUT2D eigenvalue weighted by molar-refractivity contribution is -0.00535. The summed E-state index contributed by atoms with van der Waals surface area (Å²) >= 11 is 0. The van der Waals surface area contributed by atoms with E-state index in [2.05, 4.69) is 12.2 Å². The average Bonchev–Trinajstić information content (AvgIpc) is 2.93. The van der Waals surface area contributed by atoms with E-state index in [-0.39, 0.29) is 6.10 Å². The summed E-state index contributed by atoms with van der Waals surface area (Å²) in [5.74, 6) is 0. The Balaban J connectivity index is 1.80. The summed E-state index contributed by atoms with van der Waals surface area (Å²) in [4.78, 5) is 0. The van der Waals surface area contributed by atoms with Crippen LogP contribution in [0.25, 0.3) is 0 Å². The number of hydrogen-bond donors (Lipinski definition) is 2. The Morgan fingerprint density at radius 2 is 1.79 bits per heavy atom. The van der Waals surface area contributed by atoms with Crippen molar-refractivity contribution in [3.8, 4) is 0 Å². The third-order valence-corrected chi connectivity index (χ3v) is 3.91. The van der Waals surface area contributed by atoms with Crippen LogP contribution in [-0.4, -0.2) is 37.0 Å². The zero-order valence-corrected chi connectivity index (χ0v) is 12.7. The van der Waals surface area contributed by atoms with Crippen LogP contribution in [0.4, 0.5) is 0 Å². The van der Waals surface area contributed by atoms with Crippen LogP contribution < -0.4 is 5.32 Å². The highest BCUT2D eigenvalue weighted by molar-refractivity contribution is 4.68. The first kappa shape index (κ1) is 16.9. The molecule has 1 saturated carbocycles. The Hall–Kier alpha value is -0.120. The van der Waals surface area contributed by atoms with Gasteiger partial charge >= 0.3 is 0 Å². The van der Waals surface area contributed by atoms with Crippen LogP contribution in [0.15, 0.2) is 0 Å². The minimum Gasteiger partial charge on any atom is -0.389 e. The first-order valence-electron chi connectivity index (χ1n) is 8.33. The van der Waals surface area contributed by atoms with E-state index >= 15 is 0 Å². The summed E-state index contributed by atoms with van der Waals surface area (Å²) in [5, 5.41) is 13.1. The SMILES string of the molecule is CCCCCCCCNCC(O)COC1CCCC1. The van der Waals surface area contributed by atoms with Gasteiger partial charge in [0.2, 0.25) is 0 Å². The van der Waals surface area contributed by atoms with Crippen molar-refractivity contribution in [2.24, 2.45) is 0 Å². The second kappa shape index (κ2) is 11.7. The zero-order chi connectivity index (χ0) is 13.8. The first-order valence-corrected chi connectivity index (χ1v) is 8.33. The number of aliphatic hydroxyl groups excluding tert-OH is 1. The molecule has 0 saturated heterocycles. The Labute approximate surface area is 119 Å². The Morgan fingerprint density at radius 3 is 2.53 bits per heavy atom. The number of ether oxygens (including phenoxy) is 1. The van der Waals surface area contributed by atoms with Gasteiger partial charge < -0.3 is 15.2 Å². The van der Waals surface area contributed by atoms with Gasteiger partial charge in [-0.05, 0) is 25.8 Å². The maximum atomic E-state index is 9.79.